The Labute approximate surface area is 188 Å². The van der Waals surface area contributed by atoms with Crippen LogP contribution in [0.1, 0.15) is 70.6 Å². The molecule has 3 nitrogen and oxygen atoms in total. The van der Waals surface area contributed by atoms with Crippen LogP contribution >= 0.6 is 23.2 Å². The van der Waals surface area contributed by atoms with Gasteiger partial charge in [0.2, 0.25) is 0 Å². The summed E-state index contributed by atoms with van der Waals surface area (Å²) in [6.07, 6.45) is 4.49. The minimum atomic E-state index is -1.82. The number of benzene rings is 1. The van der Waals surface area contributed by atoms with Crippen LogP contribution in [0.15, 0.2) is 12.1 Å². The molecule has 2 fully saturated rings. The SMILES string of the molecule is CC[Si](CC)(CC)OC(CNCC12CCC(C)(CC1)O2)c1c(Cl)cc(C)cc1Cl. The van der Waals surface area contributed by atoms with E-state index in [1.807, 2.05) is 19.1 Å². The molecule has 6 heteroatoms. The molecule has 1 aromatic carbocycles. The lowest BCUT2D eigenvalue weighted by molar-refractivity contribution is -0.0372. The van der Waals surface area contributed by atoms with E-state index in [1.54, 1.807) is 0 Å². The first-order valence-electron chi connectivity index (χ1n) is 11.2. The fourth-order valence-corrected chi connectivity index (χ4v) is 8.77. The van der Waals surface area contributed by atoms with Crippen molar-refractivity contribution in [1.82, 2.24) is 5.32 Å². The predicted molar refractivity (Wildman–Crippen MR) is 126 cm³/mol. The Hall–Kier alpha value is -0.103. The van der Waals surface area contributed by atoms with Crippen molar-refractivity contribution in [3.63, 3.8) is 0 Å². The fourth-order valence-electron chi connectivity index (χ4n) is 5.13. The zero-order chi connectivity index (χ0) is 21.3. The quantitative estimate of drug-likeness (QED) is 0.381. The zero-order valence-corrected chi connectivity index (χ0v) is 21.2. The smallest absolute Gasteiger partial charge is 0.192 e. The van der Waals surface area contributed by atoms with Crippen LogP contribution in [0.4, 0.5) is 0 Å². The molecule has 0 saturated carbocycles. The first-order valence-corrected chi connectivity index (χ1v) is 14.5. The van der Waals surface area contributed by atoms with Crippen molar-refractivity contribution < 1.29 is 9.16 Å². The molecule has 0 aliphatic carbocycles. The molecular formula is C23H37Cl2NO2Si. The van der Waals surface area contributed by atoms with E-state index >= 15 is 0 Å². The molecule has 0 amide bonds. The average Bonchev–Trinajstić information content (AvgIpc) is 3.18. The monoisotopic (exact) mass is 457 g/mol. The van der Waals surface area contributed by atoms with Gasteiger partial charge >= 0.3 is 0 Å². The van der Waals surface area contributed by atoms with Crippen LogP contribution in [0.25, 0.3) is 0 Å². The Balaban J connectivity index is 1.78. The number of rotatable bonds is 10. The van der Waals surface area contributed by atoms with Crippen molar-refractivity contribution in [3.8, 4) is 0 Å². The highest BCUT2D eigenvalue weighted by molar-refractivity contribution is 6.73. The topological polar surface area (TPSA) is 30.5 Å². The van der Waals surface area contributed by atoms with Gasteiger partial charge in [0.1, 0.15) is 0 Å². The number of hydrogen-bond acceptors (Lipinski definition) is 3. The van der Waals surface area contributed by atoms with Gasteiger partial charge in [0.15, 0.2) is 8.32 Å². The molecule has 0 spiro atoms. The maximum Gasteiger partial charge on any atom is 0.192 e. The molecule has 0 radical (unpaired) electrons. The van der Waals surface area contributed by atoms with E-state index in [4.69, 9.17) is 32.4 Å². The lowest BCUT2D eigenvalue weighted by Crippen LogP contribution is -2.43. The second-order valence-corrected chi connectivity index (χ2v) is 14.9. The molecule has 1 atom stereocenters. The van der Waals surface area contributed by atoms with Crippen LogP contribution in [0.3, 0.4) is 0 Å². The van der Waals surface area contributed by atoms with Crippen molar-refractivity contribution in [1.29, 1.82) is 0 Å². The summed E-state index contributed by atoms with van der Waals surface area (Å²) in [6, 6.07) is 7.29. The van der Waals surface area contributed by atoms with Gasteiger partial charge in [0.25, 0.3) is 0 Å². The van der Waals surface area contributed by atoms with E-state index in [0.29, 0.717) is 16.6 Å². The molecule has 2 bridgehead atoms. The molecule has 2 heterocycles. The largest absolute Gasteiger partial charge is 0.409 e. The normalized spacial score (nSPS) is 27.6. The molecule has 2 aliphatic heterocycles. The van der Waals surface area contributed by atoms with Gasteiger partial charge in [-0.2, -0.15) is 0 Å². The second kappa shape index (κ2) is 9.18. The van der Waals surface area contributed by atoms with Crippen molar-refractivity contribution in [2.45, 2.75) is 95.7 Å². The molecule has 1 aromatic rings. The van der Waals surface area contributed by atoms with Gasteiger partial charge in [-0.25, -0.2) is 0 Å². The molecule has 164 valence electrons. The highest BCUT2D eigenvalue weighted by Gasteiger charge is 2.52. The van der Waals surface area contributed by atoms with Crippen LogP contribution in [-0.2, 0) is 9.16 Å². The second-order valence-electron chi connectivity index (χ2n) is 9.36. The third kappa shape index (κ3) is 5.04. The third-order valence-corrected chi connectivity index (χ3v) is 12.6. The summed E-state index contributed by atoms with van der Waals surface area (Å²) < 4.78 is 13.3. The summed E-state index contributed by atoms with van der Waals surface area (Å²) in [7, 11) is -1.82. The zero-order valence-electron chi connectivity index (χ0n) is 18.7. The Kier molecular flexibility index (Phi) is 7.45. The number of halogens is 2. The summed E-state index contributed by atoms with van der Waals surface area (Å²) in [5.74, 6) is 0. The van der Waals surface area contributed by atoms with Gasteiger partial charge in [-0.3, -0.25) is 0 Å². The summed E-state index contributed by atoms with van der Waals surface area (Å²) in [5, 5.41) is 5.09. The van der Waals surface area contributed by atoms with Crippen LogP contribution in [0.2, 0.25) is 28.2 Å². The number of fused-ring (bicyclic) bond motifs is 2. The van der Waals surface area contributed by atoms with E-state index in [0.717, 1.165) is 48.6 Å². The van der Waals surface area contributed by atoms with Gasteiger partial charge in [-0.1, -0.05) is 44.0 Å². The van der Waals surface area contributed by atoms with Crippen LogP contribution < -0.4 is 5.32 Å². The third-order valence-electron chi connectivity index (χ3n) is 7.33. The maximum atomic E-state index is 6.90. The molecule has 29 heavy (non-hydrogen) atoms. The number of hydrogen-bond donors (Lipinski definition) is 1. The lowest BCUT2D eigenvalue weighted by atomic mass is 9.83. The minimum Gasteiger partial charge on any atom is -0.409 e. The summed E-state index contributed by atoms with van der Waals surface area (Å²) in [5.41, 5.74) is 2.09. The molecule has 1 unspecified atom stereocenters. The first-order chi connectivity index (χ1) is 13.7. The standard InChI is InChI=1S/C23H37Cl2NO2Si/c1-6-29(7-2,8-3)27-20(21-18(24)13-17(4)14-19(21)25)15-26-16-23-11-9-22(5,28-23)10-12-23/h13-14,20,26H,6-12,15-16H2,1-5H3. The van der Waals surface area contributed by atoms with Gasteiger partial charge in [-0.15, -0.1) is 0 Å². The lowest BCUT2D eigenvalue weighted by Gasteiger charge is -2.35. The van der Waals surface area contributed by atoms with Crippen molar-refractivity contribution in [2.75, 3.05) is 13.1 Å². The van der Waals surface area contributed by atoms with Gasteiger partial charge < -0.3 is 14.5 Å². The predicted octanol–water partition coefficient (Wildman–Crippen LogP) is 7.06. The van der Waals surface area contributed by atoms with Crippen LogP contribution in [0.5, 0.6) is 0 Å². The van der Waals surface area contributed by atoms with Gasteiger partial charge in [0.05, 0.1) is 17.3 Å². The molecule has 2 aliphatic rings. The van der Waals surface area contributed by atoms with Crippen LogP contribution in [-0.4, -0.2) is 32.6 Å². The number of aryl methyl sites for hydroxylation is 1. The van der Waals surface area contributed by atoms with Crippen molar-refractivity contribution >= 4 is 31.5 Å². The number of nitrogens with one attached hydrogen (secondary N) is 1. The van der Waals surface area contributed by atoms with E-state index < -0.39 is 8.32 Å². The summed E-state index contributed by atoms with van der Waals surface area (Å²) in [6.45, 7) is 12.6. The van der Waals surface area contributed by atoms with E-state index in [2.05, 4.69) is 33.0 Å². The average molecular weight is 459 g/mol. The highest BCUT2D eigenvalue weighted by atomic mass is 35.5. The Morgan fingerprint density at radius 1 is 1.07 bits per heavy atom. The van der Waals surface area contributed by atoms with Crippen molar-refractivity contribution in [3.05, 3.63) is 33.3 Å². The van der Waals surface area contributed by atoms with Gasteiger partial charge in [-0.05, 0) is 75.4 Å². The molecule has 3 rings (SSSR count). The van der Waals surface area contributed by atoms with E-state index in [1.165, 1.54) is 12.8 Å². The first kappa shape index (κ1) is 23.6. The van der Waals surface area contributed by atoms with Gasteiger partial charge in [0, 0.05) is 28.7 Å². The molecular weight excluding hydrogens is 421 g/mol. The van der Waals surface area contributed by atoms with Crippen molar-refractivity contribution in [2.24, 2.45) is 0 Å². The van der Waals surface area contributed by atoms with E-state index in [9.17, 15) is 0 Å². The number of ether oxygens (including phenoxy) is 1. The van der Waals surface area contributed by atoms with E-state index in [-0.39, 0.29) is 17.3 Å². The summed E-state index contributed by atoms with van der Waals surface area (Å²) in [4.78, 5) is 0. The summed E-state index contributed by atoms with van der Waals surface area (Å²) >= 11 is 13.3. The minimum absolute atomic E-state index is 0.00501. The Bertz CT molecular complexity index is 684. The Morgan fingerprint density at radius 2 is 1.62 bits per heavy atom. The Morgan fingerprint density at radius 3 is 2.07 bits per heavy atom. The van der Waals surface area contributed by atoms with Crippen LogP contribution in [0, 0.1) is 6.92 Å². The molecule has 1 N–H and O–H groups in total. The highest BCUT2D eigenvalue weighted by Crippen LogP contribution is 2.50. The molecule has 0 aromatic heterocycles. The maximum absolute atomic E-state index is 6.90. The molecule has 2 saturated heterocycles. The fraction of sp³-hybridized carbons (Fsp3) is 0.739.